The van der Waals surface area contributed by atoms with E-state index in [4.69, 9.17) is 9.47 Å². The van der Waals surface area contributed by atoms with Crippen LogP contribution in [0.15, 0.2) is 54.9 Å². The average Bonchev–Trinajstić information content (AvgIpc) is 2.70. The third-order valence-corrected chi connectivity index (χ3v) is 3.86. The van der Waals surface area contributed by atoms with Gasteiger partial charge < -0.3 is 20.1 Å². The smallest absolute Gasteiger partial charge is 0.275 e. The van der Waals surface area contributed by atoms with Crippen LogP contribution in [-0.2, 0) is 0 Å². The topological polar surface area (TPSA) is 85.4 Å². The summed E-state index contributed by atoms with van der Waals surface area (Å²) in [6.45, 7) is 1.99. The molecule has 1 heterocycles. The highest BCUT2D eigenvalue weighted by atomic mass is 16.5. The summed E-state index contributed by atoms with van der Waals surface area (Å²) in [6, 6.07) is 12.9. The van der Waals surface area contributed by atoms with Crippen molar-refractivity contribution in [3.05, 3.63) is 66.1 Å². The number of ether oxygens (including phenoxy) is 2. The molecule has 3 aromatic rings. The van der Waals surface area contributed by atoms with E-state index in [1.807, 2.05) is 31.2 Å². The molecular formula is C20H20N4O3. The first kappa shape index (κ1) is 18.2. The van der Waals surface area contributed by atoms with Gasteiger partial charge in [0.25, 0.3) is 5.91 Å². The van der Waals surface area contributed by atoms with E-state index in [2.05, 4.69) is 20.6 Å². The summed E-state index contributed by atoms with van der Waals surface area (Å²) in [7, 11) is 3.17. The van der Waals surface area contributed by atoms with Gasteiger partial charge in [0.2, 0.25) is 0 Å². The number of hydrogen-bond donors (Lipinski definition) is 2. The van der Waals surface area contributed by atoms with E-state index in [-0.39, 0.29) is 11.6 Å². The van der Waals surface area contributed by atoms with Crippen molar-refractivity contribution in [2.75, 3.05) is 24.9 Å². The molecule has 0 atom stereocenters. The van der Waals surface area contributed by atoms with Gasteiger partial charge in [0.05, 0.1) is 32.3 Å². The number of benzene rings is 2. The fourth-order valence-electron chi connectivity index (χ4n) is 2.39. The molecule has 27 heavy (non-hydrogen) atoms. The molecule has 0 aliphatic heterocycles. The molecule has 2 N–H and O–H groups in total. The Hall–Kier alpha value is -3.61. The lowest BCUT2D eigenvalue weighted by Crippen LogP contribution is -2.14. The van der Waals surface area contributed by atoms with Crippen molar-refractivity contribution >= 4 is 23.1 Å². The standard InChI is InChI=1S/C20H20N4O3/c1-13-4-6-14(7-5-13)23-20(25)17-11-22-19(12-21-17)24-16-10-15(26-2)8-9-18(16)27-3/h4-12H,1-3H3,(H,22,24)(H,23,25). The third-order valence-electron chi connectivity index (χ3n) is 3.86. The number of rotatable bonds is 6. The minimum absolute atomic E-state index is 0.221. The van der Waals surface area contributed by atoms with Gasteiger partial charge in [-0.05, 0) is 31.2 Å². The second-order valence-electron chi connectivity index (χ2n) is 5.80. The molecule has 0 bridgehead atoms. The first-order valence-corrected chi connectivity index (χ1v) is 8.28. The number of anilines is 3. The van der Waals surface area contributed by atoms with Gasteiger partial charge in [-0.15, -0.1) is 0 Å². The fraction of sp³-hybridized carbons (Fsp3) is 0.150. The molecule has 0 fully saturated rings. The van der Waals surface area contributed by atoms with Crippen LogP contribution >= 0.6 is 0 Å². The van der Waals surface area contributed by atoms with Gasteiger partial charge in [-0.2, -0.15) is 0 Å². The fourth-order valence-corrected chi connectivity index (χ4v) is 2.39. The van der Waals surface area contributed by atoms with Crippen LogP contribution in [0.2, 0.25) is 0 Å². The summed E-state index contributed by atoms with van der Waals surface area (Å²) >= 11 is 0. The summed E-state index contributed by atoms with van der Waals surface area (Å²) in [5.41, 5.74) is 2.73. The quantitative estimate of drug-likeness (QED) is 0.692. The maximum absolute atomic E-state index is 12.3. The minimum Gasteiger partial charge on any atom is -0.497 e. The molecule has 0 aliphatic rings. The highest BCUT2D eigenvalue weighted by Crippen LogP contribution is 2.30. The van der Waals surface area contributed by atoms with Gasteiger partial charge >= 0.3 is 0 Å². The van der Waals surface area contributed by atoms with Gasteiger partial charge in [-0.1, -0.05) is 17.7 Å². The van der Waals surface area contributed by atoms with Crippen molar-refractivity contribution < 1.29 is 14.3 Å². The molecule has 0 saturated heterocycles. The van der Waals surface area contributed by atoms with Gasteiger partial charge in [-0.3, -0.25) is 4.79 Å². The number of aryl methyl sites for hydroxylation is 1. The Labute approximate surface area is 157 Å². The molecule has 0 spiro atoms. The van der Waals surface area contributed by atoms with Crippen LogP contribution in [0.4, 0.5) is 17.2 Å². The van der Waals surface area contributed by atoms with Crippen molar-refractivity contribution in [3.63, 3.8) is 0 Å². The van der Waals surface area contributed by atoms with Crippen LogP contribution in [0, 0.1) is 6.92 Å². The Kier molecular flexibility index (Phi) is 5.51. The number of nitrogens with zero attached hydrogens (tertiary/aromatic N) is 2. The summed E-state index contributed by atoms with van der Waals surface area (Å²) in [5, 5.41) is 5.90. The highest BCUT2D eigenvalue weighted by molar-refractivity contribution is 6.02. The van der Waals surface area contributed by atoms with Crippen molar-refractivity contribution in [2.45, 2.75) is 6.92 Å². The molecule has 0 radical (unpaired) electrons. The van der Waals surface area contributed by atoms with Crippen LogP contribution < -0.4 is 20.1 Å². The van der Waals surface area contributed by atoms with E-state index in [1.165, 1.54) is 12.4 Å². The number of amides is 1. The number of methoxy groups -OCH3 is 2. The van der Waals surface area contributed by atoms with E-state index < -0.39 is 0 Å². The predicted molar refractivity (Wildman–Crippen MR) is 104 cm³/mol. The largest absolute Gasteiger partial charge is 0.497 e. The Bertz CT molecular complexity index is 925. The number of nitrogens with one attached hydrogen (secondary N) is 2. The molecule has 3 rings (SSSR count). The first-order chi connectivity index (χ1) is 13.1. The third kappa shape index (κ3) is 4.52. The number of carbonyl (C=O) groups is 1. The van der Waals surface area contributed by atoms with E-state index >= 15 is 0 Å². The van der Waals surface area contributed by atoms with Gasteiger partial charge in [0.1, 0.15) is 23.0 Å². The molecule has 1 aromatic heterocycles. The van der Waals surface area contributed by atoms with E-state index in [9.17, 15) is 4.79 Å². The van der Waals surface area contributed by atoms with Crippen molar-refractivity contribution in [2.24, 2.45) is 0 Å². The second kappa shape index (κ2) is 8.18. The molecule has 0 unspecified atom stereocenters. The minimum atomic E-state index is -0.322. The molecule has 0 aliphatic carbocycles. The second-order valence-corrected chi connectivity index (χ2v) is 5.80. The van der Waals surface area contributed by atoms with E-state index in [0.717, 1.165) is 5.56 Å². The van der Waals surface area contributed by atoms with Crippen LogP contribution in [0.5, 0.6) is 11.5 Å². The van der Waals surface area contributed by atoms with Crippen LogP contribution in [0.3, 0.4) is 0 Å². The van der Waals surface area contributed by atoms with Crippen molar-refractivity contribution in [3.8, 4) is 11.5 Å². The Morgan fingerprint density at radius 1 is 0.963 bits per heavy atom. The SMILES string of the molecule is COc1ccc(OC)c(Nc2cnc(C(=O)Nc3ccc(C)cc3)cn2)c1. The summed E-state index contributed by atoms with van der Waals surface area (Å²) < 4.78 is 10.5. The van der Waals surface area contributed by atoms with Gasteiger partial charge in [0, 0.05) is 11.8 Å². The average molecular weight is 364 g/mol. The number of carbonyl (C=O) groups excluding carboxylic acids is 1. The molecule has 1 amide bonds. The van der Waals surface area contributed by atoms with Gasteiger partial charge in [-0.25, -0.2) is 9.97 Å². The number of aromatic nitrogens is 2. The summed E-state index contributed by atoms with van der Waals surface area (Å²) in [4.78, 5) is 20.7. The lowest BCUT2D eigenvalue weighted by molar-refractivity contribution is 0.102. The van der Waals surface area contributed by atoms with Crippen molar-refractivity contribution in [1.29, 1.82) is 0 Å². The summed E-state index contributed by atoms with van der Waals surface area (Å²) in [5.74, 6) is 1.48. The lowest BCUT2D eigenvalue weighted by atomic mass is 10.2. The molecule has 0 saturated carbocycles. The zero-order chi connectivity index (χ0) is 19.2. The zero-order valence-corrected chi connectivity index (χ0v) is 15.3. The zero-order valence-electron chi connectivity index (χ0n) is 15.3. The Balaban J connectivity index is 1.72. The van der Waals surface area contributed by atoms with E-state index in [1.54, 1.807) is 32.4 Å². The summed E-state index contributed by atoms with van der Waals surface area (Å²) in [6.07, 6.45) is 2.90. The normalized spacial score (nSPS) is 10.2. The number of hydrogen-bond acceptors (Lipinski definition) is 6. The van der Waals surface area contributed by atoms with Crippen LogP contribution in [0.1, 0.15) is 16.1 Å². The molecule has 2 aromatic carbocycles. The lowest BCUT2D eigenvalue weighted by Gasteiger charge is -2.12. The van der Waals surface area contributed by atoms with Crippen molar-refractivity contribution in [1.82, 2.24) is 9.97 Å². The Morgan fingerprint density at radius 2 is 1.74 bits per heavy atom. The Morgan fingerprint density at radius 3 is 2.37 bits per heavy atom. The molecule has 138 valence electrons. The van der Waals surface area contributed by atoms with Crippen LogP contribution in [0.25, 0.3) is 0 Å². The molecule has 7 nitrogen and oxygen atoms in total. The maximum Gasteiger partial charge on any atom is 0.275 e. The predicted octanol–water partition coefficient (Wildman–Crippen LogP) is 3.80. The highest BCUT2D eigenvalue weighted by Gasteiger charge is 2.10. The van der Waals surface area contributed by atoms with Gasteiger partial charge in [0.15, 0.2) is 0 Å². The molecule has 7 heteroatoms. The van der Waals surface area contributed by atoms with E-state index in [0.29, 0.717) is 28.7 Å². The van der Waals surface area contributed by atoms with Crippen LogP contribution in [-0.4, -0.2) is 30.1 Å². The first-order valence-electron chi connectivity index (χ1n) is 8.28. The molecular weight excluding hydrogens is 344 g/mol. The maximum atomic E-state index is 12.3. The monoisotopic (exact) mass is 364 g/mol.